The lowest BCUT2D eigenvalue weighted by molar-refractivity contribution is 0.100. The normalized spacial score (nSPS) is 10.4. The second-order valence-electron chi connectivity index (χ2n) is 7.24. The van der Waals surface area contributed by atoms with Gasteiger partial charge >= 0.3 is 0 Å². The Morgan fingerprint density at radius 3 is 1.28 bits per heavy atom. The van der Waals surface area contributed by atoms with Crippen LogP contribution in [0.4, 0.5) is 0 Å². The molecule has 3 aromatic carbocycles. The summed E-state index contributed by atoms with van der Waals surface area (Å²) in [6.45, 7) is 3.74. The number of ketones is 2. The van der Waals surface area contributed by atoms with E-state index in [4.69, 9.17) is 18.9 Å². The maximum Gasteiger partial charge on any atom is 0.161 e. The molecule has 0 amide bonds. The fourth-order valence-electron chi connectivity index (χ4n) is 3.07. The van der Waals surface area contributed by atoms with Gasteiger partial charge in [0.2, 0.25) is 0 Å². The highest BCUT2D eigenvalue weighted by Crippen LogP contribution is 2.30. The average Bonchev–Trinajstić information content (AvgIpc) is 2.81. The smallest absolute Gasteiger partial charge is 0.161 e. The quantitative estimate of drug-likeness (QED) is 0.405. The van der Waals surface area contributed by atoms with Gasteiger partial charge in [-0.2, -0.15) is 0 Å². The van der Waals surface area contributed by atoms with Crippen molar-refractivity contribution < 1.29 is 28.5 Å². The zero-order valence-corrected chi connectivity index (χ0v) is 18.6. The van der Waals surface area contributed by atoms with E-state index in [1.54, 1.807) is 50.6 Å². The van der Waals surface area contributed by atoms with Gasteiger partial charge in [0, 0.05) is 11.1 Å². The van der Waals surface area contributed by atoms with Crippen LogP contribution in [0, 0.1) is 0 Å². The maximum absolute atomic E-state index is 11.5. The molecule has 0 heterocycles. The topological polar surface area (TPSA) is 71.1 Å². The van der Waals surface area contributed by atoms with Crippen molar-refractivity contribution in [2.45, 2.75) is 27.1 Å². The van der Waals surface area contributed by atoms with Gasteiger partial charge < -0.3 is 18.9 Å². The van der Waals surface area contributed by atoms with Crippen molar-refractivity contribution in [3.8, 4) is 23.0 Å². The monoisotopic (exact) mass is 434 g/mol. The van der Waals surface area contributed by atoms with E-state index in [0.29, 0.717) is 47.3 Å². The minimum Gasteiger partial charge on any atom is -0.493 e. The Morgan fingerprint density at radius 2 is 0.969 bits per heavy atom. The molecule has 0 atom stereocenters. The first-order valence-corrected chi connectivity index (χ1v) is 10.1. The molecule has 0 saturated heterocycles. The third kappa shape index (κ3) is 5.66. The van der Waals surface area contributed by atoms with Gasteiger partial charge in [0.25, 0.3) is 0 Å². The number of methoxy groups -OCH3 is 2. The summed E-state index contributed by atoms with van der Waals surface area (Å²) >= 11 is 0. The van der Waals surface area contributed by atoms with Crippen LogP contribution in [-0.2, 0) is 13.2 Å². The summed E-state index contributed by atoms with van der Waals surface area (Å²) in [6, 6.07) is 18.1. The van der Waals surface area contributed by atoms with E-state index < -0.39 is 0 Å². The van der Waals surface area contributed by atoms with Crippen LogP contribution in [0.25, 0.3) is 0 Å². The molecule has 3 aromatic rings. The molecule has 32 heavy (non-hydrogen) atoms. The summed E-state index contributed by atoms with van der Waals surface area (Å²) in [5, 5.41) is 0. The minimum absolute atomic E-state index is 0.0277. The Hall–Kier alpha value is -3.80. The van der Waals surface area contributed by atoms with Gasteiger partial charge in [-0.05, 0) is 61.4 Å². The zero-order valence-electron chi connectivity index (χ0n) is 18.6. The van der Waals surface area contributed by atoms with Crippen molar-refractivity contribution in [3.63, 3.8) is 0 Å². The summed E-state index contributed by atoms with van der Waals surface area (Å²) in [4.78, 5) is 23.1. The van der Waals surface area contributed by atoms with E-state index in [-0.39, 0.29) is 11.6 Å². The number of rotatable bonds is 10. The van der Waals surface area contributed by atoms with Crippen molar-refractivity contribution in [2.75, 3.05) is 14.2 Å². The van der Waals surface area contributed by atoms with Crippen LogP contribution < -0.4 is 18.9 Å². The molecule has 166 valence electrons. The molecule has 0 radical (unpaired) electrons. The second kappa shape index (κ2) is 10.5. The summed E-state index contributed by atoms with van der Waals surface area (Å²) in [5.74, 6) is 2.14. The van der Waals surface area contributed by atoms with Crippen molar-refractivity contribution in [1.29, 1.82) is 0 Å². The average molecular weight is 434 g/mol. The van der Waals surface area contributed by atoms with Crippen LogP contribution >= 0.6 is 0 Å². The maximum atomic E-state index is 11.5. The molecule has 0 spiro atoms. The van der Waals surface area contributed by atoms with Crippen LogP contribution in [0.1, 0.15) is 45.7 Å². The largest absolute Gasteiger partial charge is 0.493 e. The number of hydrogen-bond donors (Lipinski definition) is 0. The fraction of sp³-hybridized carbons (Fsp3) is 0.231. The predicted octanol–water partition coefficient (Wildman–Crippen LogP) is 5.27. The molecule has 0 aliphatic rings. The molecule has 0 aliphatic carbocycles. The third-order valence-electron chi connectivity index (χ3n) is 4.95. The van der Waals surface area contributed by atoms with E-state index in [2.05, 4.69) is 0 Å². The Bertz CT molecular complexity index is 1010. The number of carbonyl (C=O) groups is 2. The highest BCUT2D eigenvalue weighted by atomic mass is 16.5. The summed E-state index contributed by atoms with van der Waals surface area (Å²) < 4.78 is 22.4. The number of Topliss-reactive ketones (excluding diaryl/α,β-unsaturated/α-hetero) is 2. The highest BCUT2D eigenvalue weighted by Gasteiger charge is 2.10. The molecule has 6 nitrogen and oxygen atoms in total. The Balaban J connectivity index is 1.60. The molecular formula is C26H26O6. The molecule has 6 heteroatoms. The zero-order chi connectivity index (χ0) is 23.1. The highest BCUT2D eigenvalue weighted by molar-refractivity contribution is 5.95. The van der Waals surface area contributed by atoms with Crippen LogP contribution in [-0.4, -0.2) is 25.8 Å². The summed E-state index contributed by atoms with van der Waals surface area (Å²) in [5.41, 5.74) is 3.11. The summed E-state index contributed by atoms with van der Waals surface area (Å²) in [6.07, 6.45) is 0. The molecule has 0 saturated carbocycles. The first-order chi connectivity index (χ1) is 15.4. The van der Waals surface area contributed by atoms with Gasteiger partial charge in [-0.15, -0.1) is 0 Å². The van der Waals surface area contributed by atoms with Gasteiger partial charge in [-0.1, -0.05) is 24.3 Å². The molecule has 3 rings (SSSR count). The summed E-state index contributed by atoms with van der Waals surface area (Å²) in [7, 11) is 3.09. The van der Waals surface area contributed by atoms with Gasteiger partial charge in [0.1, 0.15) is 13.2 Å². The Kier molecular flexibility index (Phi) is 7.49. The Morgan fingerprint density at radius 1 is 0.594 bits per heavy atom. The van der Waals surface area contributed by atoms with E-state index in [0.717, 1.165) is 11.1 Å². The van der Waals surface area contributed by atoms with Gasteiger partial charge in [-0.3, -0.25) is 9.59 Å². The van der Waals surface area contributed by atoms with E-state index in [1.807, 2.05) is 24.3 Å². The van der Waals surface area contributed by atoms with Crippen LogP contribution in [0.5, 0.6) is 23.0 Å². The van der Waals surface area contributed by atoms with Crippen LogP contribution in [0.2, 0.25) is 0 Å². The number of ether oxygens (including phenoxy) is 4. The van der Waals surface area contributed by atoms with Crippen LogP contribution in [0.15, 0.2) is 60.7 Å². The lowest BCUT2D eigenvalue weighted by Crippen LogP contribution is -2.01. The molecule has 0 aromatic heterocycles. The lowest BCUT2D eigenvalue weighted by Gasteiger charge is -2.13. The third-order valence-corrected chi connectivity index (χ3v) is 4.95. The molecule has 0 aliphatic heterocycles. The SMILES string of the molecule is COc1cc(C(C)=O)ccc1OCc1ccc(COc2ccc(C(C)=O)cc2OC)cc1. The Labute approximate surface area is 187 Å². The van der Waals surface area contributed by atoms with Crippen LogP contribution in [0.3, 0.4) is 0 Å². The van der Waals surface area contributed by atoms with Crippen molar-refractivity contribution in [3.05, 3.63) is 82.9 Å². The van der Waals surface area contributed by atoms with Gasteiger partial charge in [0.15, 0.2) is 34.6 Å². The second-order valence-corrected chi connectivity index (χ2v) is 7.24. The van der Waals surface area contributed by atoms with Gasteiger partial charge in [-0.25, -0.2) is 0 Å². The number of hydrogen-bond acceptors (Lipinski definition) is 6. The molecule has 0 bridgehead atoms. The fourth-order valence-corrected chi connectivity index (χ4v) is 3.07. The molecule has 0 N–H and O–H groups in total. The molecule has 0 unspecified atom stereocenters. The molecule has 0 fully saturated rings. The lowest BCUT2D eigenvalue weighted by atomic mass is 10.1. The van der Waals surface area contributed by atoms with Gasteiger partial charge in [0.05, 0.1) is 14.2 Å². The van der Waals surface area contributed by atoms with Crippen molar-refractivity contribution >= 4 is 11.6 Å². The first-order valence-electron chi connectivity index (χ1n) is 10.1. The number of benzene rings is 3. The number of carbonyl (C=O) groups excluding carboxylic acids is 2. The van der Waals surface area contributed by atoms with Crippen molar-refractivity contribution in [2.24, 2.45) is 0 Å². The molecular weight excluding hydrogens is 408 g/mol. The van der Waals surface area contributed by atoms with E-state index >= 15 is 0 Å². The van der Waals surface area contributed by atoms with E-state index in [1.165, 1.54) is 13.8 Å². The van der Waals surface area contributed by atoms with Crippen molar-refractivity contribution in [1.82, 2.24) is 0 Å². The van der Waals surface area contributed by atoms with E-state index in [9.17, 15) is 9.59 Å². The standard InChI is InChI=1S/C26H26O6/c1-17(27)21-9-11-23(25(13-21)29-3)31-15-19-5-7-20(8-6-19)16-32-24-12-10-22(18(2)28)14-26(24)30-4/h5-14H,15-16H2,1-4H3. The first kappa shape index (κ1) is 22.9. The minimum atomic E-state index is -0.0277. The predicted molar refractivity (Wildman–Crippen MR) is 121 cm³/mol.